The summed E-state index contributed by atoms with van der Waals surface area (Å²) in [6.45, 7) is 3.41. The number of aromatic nitrogens is 5. The molecule has 8 heteroatoms. The number of amides is 2. The van der Waals surface area contributed by atoms with E-state index in [0.29, 0.717) is 6.54 Å². The zero-order valence-corrected chi connectivity index (χ0v) is 14.9. The molecule has 1 N–H and O–H groups in total. The van der Waals surface area contributed by atoms with Crippen molar-refractivity contribution in [1.82, 2.24) is 34.8 Å². The molecule has 0 saturated carbocycles. The van der Waals surface area contributed by atoms with Crippen LogP contribution in [-0.4, -0.2) is 48.1 Å². The number of hydrogen-bond donors (Lipinski definition) is 1. The zero-order chi connectivity index (χ0) is 17.4. The second-order valence-corrected chi connectivity index (χ2v) is 7.09. The second-order valence-electron chi connectivity index (χ2n) is 7.09. The molecule has 2 aliphatic rings. The highest BCUT2D eigenvalue weighted by Gasteiger charge is 2.31. The van der Waals surface area contributed by atoms with E-state index in [2.05, 4.69) is 20.5 Å². The van der Waals surface area contributed by atoms with E-state index < -0.39 is 0 Å². The number of carbonyl (C=O) groups excluding carboxylic acids is 1. The van der Waals surface area contributed by atoms with E-state index in [1.807, 2.05) is 35.9 Å². The number of urea groups is 1. The van der Waals surface area contributed by atoms with Gasteiger partial charge in [0.25, 0.3) is 0 Å². The van der Waals surface area contributed by atoms with E-state index in [9.17, 15) is 4.79 Å². The topological polar surface area (TPSA) is 80.9 Å². The summed E-state index contributed by atoms with van der Waals surface area (Å²) in [4.78, 5) is 19.3. The highest BCUT2D eigenvalue weighted by molar-refractivity contribution is 5.75. The SMILES string of the molecule is Cc1nc2n(n1)CC(NC(=O)N1CCCCC1c1cnn(C)c1)CC2. The molecule has 0 spiro atoms. The van der Waals surface area contributed by atoms with E-state index in [1.54, 1.807) is 4.68 Å². The lowest BCUT2D eigenvalue weighted by Crippen LogP contribution is -2.50. The van der Waals surface area contributed by atoms with Gasteiger partial charge in [0.15, 0.2) is 0 Å². The summed E-state index contributed by atoms with van der Waals surface area (Å²) in [5.41, 5.74) is 1.12. The summed E-state index contributed by atoms with van der Waals surface area (Å²) >= 11 is 0. The fraction of sp³-hybridized carbons (Fsp3) is 0.647. The van der Waals surface area contributed by atoms with Crippen molar-refractivity contribution in [2.24, 2.45) is 7.05 Å². The molecule has 2 aromatic heterocycles. The van der Waals surface area contributed by atoms with Gasteiger partial charge in [-0.3, -0.25) is 4.68 Å². The van der Waals surface area contributed by atoms with Crippen LogP contribution in [0.25, 0.3) is 0 Å². The fourth-order valence-corrected chi connectivity index (χ4v) is 3.94. The van der Waals surface area contributed by atoms with Crippen LogP contribution in [0.3, 0.4) is 0 Å². The average molecular weight is 343 g/mol. The maximum atomic E-state index is 12.9. The minimum atomic E-state index is 0.0267. The number of aryl methyl sites for hydroxylation is 3. The zero-order valence-electron chi connectivity index (χ0n) is 14.9. The van der Waals surface area contributed by atoms with Crippen LogP contribution in [-0.2, 0) is 20.0 Å². The molecule has 134 valence electrons. The standard InChI is InChI=1S/C17H25N7O/c1-12-19-16-7-6-14(11-24(16)21-12)20-17(25)23-8-4-3-5-15(23)13-9-18-22(2)10-13/h9-10,14-15H,3-8,11H2,1-2H3,(H,20,25). The van der Waals surface area contributed by atoms with Gasteiger partial charge in [0, 0.05) is 31.8 Å². The van der Waals surface area contributed by atoms with E-state index >= 15 is 0 Å². The van der Waals surface area contributed by atoms with Gasteiger partial charge >= 0.3 is 6.03 Å². The number of carbonyl (C=O) groups is 1. The molecule has 1 saturated heterocycles. The summed E-state index contributed by atoms with van der Waals surface area (Å²) in [6.07, 6.45) is 8.86. The molecule has 2 aliphatic heterocycles. The predicted octanol–water partition coefficient (Wildman–Crippen LogP) is 1.57. The van der Waals surface area contributed by atoms with Crippen molar-refractivity contribution in [2.75, 3.05) is 6.54 Å². The number of nitrogens with one attached hydrogen (secondary N) is 1. The smallest absolute Gasteiger partial charge is 0.318 e. The van der Waals surface area contributed by atoms with E-state index in [1.165, 1.54) is 0 Å². The Morgan fingerprint density at radius 3 is 3.00 bits per heavy atom. The monoisotopic (exact) mass is 343 g/mol. The Bertz CT molecular complexity index is 765. The summed E-state index contributed by atoms with van der Waals surface area (Å²) in [6, 6.07) is 0.256. The number of rotatable bonds is 2. The predicted molar refractivity (Wildman–Crippen MR) is 91.9 cm³/mol. The molecule has 1 fully saturated rings. The van der Waals surface area contributed by atoms with Crippen molar-refractivity contribution < 1.29 is 4.79 Å². The lowest BCUT2D eigenvalue weighted by atomic mass is 9.98. The van der Waals surface area contributed by atoms with Crippen LogP contribution in [0.15, 0.2) is 12.4 Å². The normalized spacial score (nSPS) is 23.4. The molecule has 0 radical (unpaired) electrons. The van der Waals surface area contributed by atoms with Crippen LogP contribution in [0.4, 0.5) is 4.79 Å². The molecule has 2 atom stereocenters. The van der Waals surface area contributed by atoms with Crippen LogP contribution in [0, 0.1) is 6.92 Å². The van der Waals surface area contributed by atoms with Crippen LogP contribution >= 0.6 is 0 Å². The van der Waals surface area contributed by atoms with Crippen molar-refractivity contribution in [3.05, 3.63) is 29.6 Å². The largest absolute Gasteiger partial charge is 0.333 e. The minimum absolute atomic E-state index is 0.0267. The fourth-order valence-electron chi connectivity index (χ4n) is 3.94. The van der Waals surface area contributed by atoms with Crippen LogP contribution in [0.5, 0.6) is 0 Å². The van der Waals surface area contributed by atoms with Crippen LogP contribution < -0.4 is 5.32 Å². The molecule has 2 amide bonds. The van der Waals surface area contributed by atoms with Crippen molar-refractivity contribution in [2.45, 2.75) is 57.7 Å². The number of fused-ring (bicyclic) bond motifs is 1. The maximum Gasteiger partial charge on any atom is 0.318 e. The molecule has 0 bridgehead atoms. The quantitative estimate of drug-likeness (QED) is 0.897. The van der Waals surface area contributed by atoms with Gasteiger partial charge in [0.2, 0.25) is 0 Å². The van der Waals surface area contributed by atoms with Crippen LogP contribution in [0.1, 0.15) is 48.9 Å². The van der Waals surface area contributed by atoms with Gasteiger partial charge in [-0.15, -0.1) is 0 Å². The van der Waals surface area contributed by atoms with Gasteiger partial charge in [-0.1, -0.05) is 0 Å². The Hall–Kier alpha value is -2.38. The summed E-state index contributed by atoms with van der Waals surface area (Å²) in [7, 11) is 1.91. The van der Waals surface area contributed by atoms with Crippen molar-refractivity contribution in [3.8, 4) is 0 Å². The van der Waals surface area contributed by atoms with E-state index in [0.717, 1.165) is 55.9 Å². The molecular formula is C17H25N7O. The minimum Gasteiger partial charge on any atom is -0.333 e. The Kier molecular flexibility index (Phi) is 4.19. The highest BCUT2D eigenvalue weighted by atomic mass is 16.2. The highest BCUT2D eigenvalue weighted by Crippen LogP contribution is 2.30. The molecule has 8 nitrogen and oxygen atoms in total. The maximum absolute atomic E-state index is 12.9. The van der Waals surface area contributed by atoms with Gasteiger partial charge in [0.1, 0.15) is 11.6 Å². The van der Waals surface area contributed by atoms with Gasteiger partial charge < -0.3 is 10.2 Å². The Morgan fingerprint density at radius 1 is 1.32 bits per heavy atom. The first kappa shape index (κ1) is 16.1. The number of hydrogen-bond acceptors (Lipinski definition) is 4. The van der Waals surface area contributed by atoms with Crippen molar-refractivity contribution >= 4 is 6.03 Å². The lowest BCUT2D eigenvalue weighted by molar-refractivity contribution is 0.145. The Labute approximate surface area is 147 Å². The van der Waals surface area contributed by atoms with Gasteiger partial charge in [0.05, 0.1) is 24.8 Å². The molecular weight excluding hydrogens is 318 g/mol. The van der Waals surface area contributed by atoms with Gasteiger partial charge in [-0.25, -0.2) is 14.5 Å². The Morgan fingerprint density at radius 2 is 2.20 bits per heavy atom. The second kappa shape index (κ2) is 6.50. The molecule has 2 aromatic rings. The first-order chi connectivity index (χ1) is 12.1. The summed E-state index contributed by atoms with van der Waals surface area (Å²) in [5, 5.41) is 11.9. The number of nitrogens with zero attached hydrogens (tertiary/aromatic N) is 6. The first-order valence-corrected chi connectivity index (χ1v) is 9.06. The van der Waals surface area contributed by atoms with E-state index in [4.69, 9.17) is 0 Å². The number of piperidine rings is 1. The average Bonchev–Trinajstić information content (AvgIpc) is 3.19. The van der Waals surface area contributed by atoms with Crippen molar-refractivity contribution in [3.63, 3.8) is 0 Å². The lowest BCUT2D eigenvalue weighted by Gasteiger charge is -2.36. The molecule has 4 heterocycles. The molecule has 2 unspecified atom stereocenters. The molecule has 0 aliphatic carbocycles. The molecule has 0 aromatic carbocycles. The Balaban J connectivity index is 1.44. The summed E-state index contributed by atoms with van der Waals surface area (Å²) < 4.78 is 3.73. The van der Waals surface area contributed by atoms with Crippen molar-refractivity contribution in [1.29, 1.82) is 0 Å². The van der Waals surface area contributed by atoms with Crippen LogP contribution in [0.2, 0.25) is 0 Å². The number of likely N-dealkylation sites (tertiary alicyclic amines) is 1. The molecule has 25 heavy (non-hydrogen) atoms. The summed E-state index contributed by atoms with van der Waals surface area (Å²) in [5.74, 6) is 1.82. The third-order valence-corrected chi connectivity index (χ3v) is 5.16. The van der Waals surface area contributed by atoms with Gasteiger partial charge in [-0.05, 0) is 32.6 Å². The third kappa shape index (κ3) is 3.25. The first-order valence-electron chi connectivity index (χ1n) is 9.06. The van der Waals surface area contributed by atoms with E-state index in [-0.39, 0.29) is 18.1 Å². The van der Waals surface area contributed by atoms with Gasteiger partial charge in [-0.2, -0.15) is 10.2 Å². The third-order valence-electron chi connectivity index (χ3n) is 5.16. The molecule has 4 rings (SSSR count).